The first-order valence-electron chi connectivity index (χ1n) is 9.02. The van der Waals surface area contributed by atoms with E-state index in [0.29, 0.717) is 0 Å². The smallest absolute Gasteiger partial charge is 0.143 e. The molecule has 0 radical (unpaired) electrons. The molecule has 0 bridgehead atoms. The van der Waals surface area contributed by atoms with Gasteiger partial charge in [-0.25, -0.2) is 4.98 Å². The molecule has 0 fully saturated rings. The first-order valence-corrected chi connectivity index (χ1v) is 9.90. The molecule has 2 heterocycles. The first kappa shape index (κ1) is 17.7. The highest BCUT2D eigenvalue weighted by molar-refractivity contribution is 7.13. The standard InChI is InChI=1S/C23H22N2OS/c1-15-20(21(25-26-15)16-8-6-5-7-9-16)19-14-27-22(24-19)17-10-12-18(13-11-17)23(2,3)4/h5-14H,1-4H3. The fraction of sp³-hybridized carbons (Fsp3) is 0.217. The molecule has 27 heavy (non-hydrogen) atoms. The van der Waals surface area contributed by atoms with Crippen molar-refractivity contribution in [3.05, 3.63) is 71.3 Å². The fourth-order valence-electron chi connectivity index (χ4n) is 3.10. The number of thiazole rings is 1. The molecule has 0 aliphatic rings. The molecule has 0 N–H and O–H groups in total. The summed E-state index contributed by atoms with van der Waals surface area (Å²) < 4.78 is 5.49. The average molecular weight is 375 g/mol. The third kappa shape index (κ3) is 3.45. The molecular formula is C23H22N2OS. The monoisotopic (exact) mass is 374 g/mol. The first-order chi connectivity index (χ1) is 12.9. The molecule has 0 saturated heterocycles. The number of benzene rings is 2. The Hall–Kier alpha value is -2.72. The van der Waals surface area contributed by atoms with Crippen LogP contribution in [0.25, 0.3) is 33.1 Å². The zero-order valence-electron chi connectivity index (χ0n) is 16.0. The van der Waals surface area contributed by atoms with E-state index in [1.807, 2.05) is 37.3 Å². The van der Waals surface area contributed by atoms with Crippen molar-refractivity contribution in [2.24, 2.45) is 0 Å². The Morgan fingerprint density at radius 2 is 1.59 bits per heavy atom. The molecule has 4 aromatic rings. The lowest BCUT2D eigenvalue weighted by atomic mass is 9.87. The van der Waals surface area contributed by atoms with Crippen molar-refractivity contribution < 1.29 is 4.52 Å². The Labute approximate surface area is 163 Å². The van der Waals surface area contributed by atoms with E-state index in [4.69, 9.17) is 9.51 Å². The number of nitrogens with zero attached hydrogens (tertiary/aromatic N) is 2. The van der Waals surface area contributed by atoms with Gasteiger partial charge in [-0.2, -0.15) is 0 Å². The second kappa shape index (κ2) is 6.78. The van der Waals surface area contributed by atoms with E-state index in [1.54, 1.807) is 11.3 Å². The largest absolute Gasteiger partial charge is 0.360 e. The van der Waals surface area contributed by atoms with E-state index in [-0.39, 0.29) is 5.41 Å². The summed E-state index contributed by atoms with van der Waals surface area (Å²) in [7, 11) is 0. The SMILES string of the molecule is Cc1onc(-c2ccccc2)c1-c1csc(-c2ccc(C(C)(C)C)cc2)n1. The lowest BCUT2D eigenvalue weighted by molar-refractivity contribution is 0.400. The summed E-state index contributed by atoms with van der Waals surface area (Å²) >= 11 is 1.65. The van der Waals surface area contributed by atoms with Crippen LogP contribution in [0.1, 0.15) is 32.1 Å². The molecule has 136 valence electrons. The van der Waals surface area contributed by atoms with Crippen LogP contribution in [0.5, 0.6) is 0 Å². The molecule has 0 amide bonds. The minimum Gasteiger partial charge on any atom is -0.360 e. The lowest BCUT2D eigenvalue weighted by Gasteiger charge is -2.18. The number of hydrogen-bond donors (Lipinski definition) is 0. The molecule has 0 atom stereocenters. The Bertz CT molecular complexity index is 1050. The highest BCUT2D eigenvalue weighted by Gasteiger charge is 2.20. The minimum atomic E-state index is 0.150. The fourth-order valence-corrected chi connectivity index (χ4v) is 3.92. The number of aromatic nitrogens is 2. The molecule has 0 aliphatic heterocycles. The molecule has 4 rings (SSSR count). The number of aryl methyl sites for hydroxylation is 1. The molecule has 2 aromatic carbocycles. The summed E-state index contributed by atoms with van der Waals surface area (Å²) in [5, 5.41) is 7.36. The van der Waals surface area contributed by atoms with Crippen LogP contribution in [0.15, 0.2) is 64.5 Å². The van der Waals surface area contributed by atoms with Crippen molar-refractivity contribution in [3.63, 3.8) is 0 Å². The van der Waals surface area contributed by atoms with Gasteiger partial charge in [-0.3, -0.25) is 0 Å². The molecule has 0 aliphatic carbocycles. The van der Waals surface area contributed by atoms with E-state index in [9.17, 15) is 0 Å². The molecule has 0 spiro atoms. The van der Waals surface area contributed by atoms with Crippen molar-refractivity contribution in [1.82, 2.24) is 10.1 Å². The Morgan fingerprint density at radius 3 is 2.26 bits per heavy atom. The van der Waals surface area contributed by atoms with Gasteiger partial charge >= 0.3 is 0 Å². The van der Waals surface area contributed by atoms with Crippen molar-refractivity contribution >= 4 is 11.3 Å². The summed E-state index contributed by atoms with van der Waals surface area (Å²) in [6.07, 6.45) is 0. The highest BCUT2D eigenvalue weighted by Crippen LogP contribution is 2.37. The lowest BCUT2D eigenvalue weighted by Crippen LogP contribution is -2.10. The van der Waals surface area contributed by atoms with Crippen LogP contribution >= 0.6 is 11.3 Å². The van der Waals surface area contributed by atoms with Gasteiger partial charge in [0.2, 0.25) is 0 Å². The van der Waals surface area contributed by atoms with Crippen molar-refractivity contribution in [1.29, 1.82) is 0 Å². The van der Waals surface area contributed by atoms with Crippen molar-refractivity contribution in [2.45, 2.75) is 33.1 Å². The molecular weight excluding hydrogens is 352 g/mol. The van der Waals surface area contributed by atoms with Crippen LogP contribution in [-0.2, 0) is 5.41 Å². The minimum absolute atomic E-state index is 0.150. The Morgan fingerprint density at radius 1 is 0.889 bits per heavy atom. The van der Waals surface area contributed by atoms with Gasteiger partial charge in [0.15, 0.2) is 0 Å². The zero-order chi connectivity index (χ0) is 19.0. The van der Waals surface area contributed by atoms with Crippen LogP contribution in [0, 0.1) is 6.92 Å². The third-order valence-electron chi connectivity index (χ3n) is 4.67. The van der Waals surface area contributed by atoms with Gasteiger partial charge < -0.3 is 4.52 Å². The third-order valence-corrected chi connectivity index (χ3v) is 5.56. The summed E-state index contributed by atoms with van der Waals surface area (Å²) in [5.41, 5.74) is 6.36. The van der Waals surface area contributed by atoms with Gasteiger partial charge in [0, 0.05) is 16.5 Å². The van der Waals surface area contributed by atoms with E-state index in [2.05, 4.69) is 55.6 Å². The van der Waals surface area contributed by atoms with Gasteiger partial charge in [-0.1, -0.05) is 80.5 Å². The topological polar surface area (TPSA) is 38.9 Å². The maximum Gasteiger partial charge on any atom is 0.143 e. The van der Waals surface area contributed by atoms with Crippen molar-refractivity contribution in [3.8, 4) is 33.1 Å². The van der Waals surface area contributed by atoms with Gasteiger partial charge in [0.25, 0.3) is 0 Å². The Balaban J connectivity index is 1.71. The summed E-state index contributed by atoms with van der Waals surface area (Å²) in [4.78, 5) is 4.88. The van der Waals surface area contributed by atoms with E-state index >= 15 is 0 Å². The molecule has 0 saturated carbocycles. The predicted octanol–water partition coefficient (Wildman–Crippen LogP) is 6.74. The molecule has 3 nitrogen and oxygen atoms in total. The van der Waals surface area contributed by atoms with Gasteiger partial charge in [-0.15, -0.1) is 11.3 Å². The van der Waals surface area contributed by atoms with Crippen molar-refractivity contribution in [2.75, 3.05) is 0 Å². The summed E-state index contributed by atoms with van der Waals surface area (Å²) in [6, 6.07) is 18.8. The second-order valence-corrected chi connectivity index (χ2v) is 8.55. The number of rotatable bonds is 3. The van der Waals surface area contributed by atoms with E-state index in [0.717, 1.165) is 38.8 Å². The quantitative estimate of drug-likeness (QED) is 0.399. The Kier molecular flexibility index (Phi) is 4.44. The maximum absolute atomic E-state index is 5.49. The zero-order valence-corrected chi connectivity index (χ0v) is 16.8. The van der Waals surface area contributed by atoms with Gasteiger partial charge in [0.05, 0.1) is 11.3 Å². The number of hydrogen-bond acceptors (Lipinski definition) is 4. The summed E-state index contributed by atoms with van der Waals surface area (Å²) in [5.74, 6) is 0.786. The normalized spacial score (nSPS) is 11.7. The molecule has 4 heteroatoms. The van der Waals surface area contributed by atoms with E-state index < -0.39 is 0 Å². The van der Waals surface area contributed by atoms with Crippen LogP contribution in [0.4, 0.5) is 0 Å². The molecule has 0 unspecified atom stereocenters. The molecule has 2 aromatic heterocycles. The highest BCUT2D eigenvalue weighted by atomic mass is 32.1. The van der Waals surface area contributed by atoms with Crippen LogP contribution in [-0.4, -0.2) is 10.1 Å². The second-order valence-electron chi connectivity index (χ2n) is 7.69. The summed E-state index contributed by atoms with van der Waals surface area (Å²) in [6.45, 7) is 8.61. The van der Waals surface area contributed by atoms with Gasteiger partial charge in [0.1, 0.15) is 16.5 Å². The van der Waals surface area contributed by atoms with Crippen LogP contribution in [0.2, 0.25) is 0 Å². The predicted molar refractivity (Wildman–Crippen MR) is 112 cm³/mol. The van der Waals surface area contributed by atoms with Gasteiger partial charge in [-0.05, 0) is 17.9 Å². The van der Waals surface area contributed by atoms with Crippen LogP contribution in [0.3, 0.4) is 0 Å². The van der Waals surface area contributed by atoms with Crippen LogP contribution < -0.4 is 0 Å². The van der Waals surface area contributed by atoms with E-state index in [1.165, 1.54) is 5.56 Å². The maximum atomic E-state index is 5.49. The average Bonchev–Trinajstić information content (AvgIpc) is 3.28.